The Kier molecular flexibility index (Phi) is 2.33. The van der Waals surface area contributed by atoms with Gasteiger partial charge in [0.2, 0.25) is 0 Å². The third-order valence-electron chi connectivity index (χ3n) is 1.59. The molecule has 64 valence electrons. The van der Waals surface area contributed by atoms with E-state index in [2.05, 4.69) is 0 Å². The fourth-order valence-electron chi connectivity index (χ4n) is 0.956. The second-order valence-electron chi connectivity index (χ2n) is 2.39. The van der Waals surface area contributed by atoms with E-state index in [0.29, 0.717) is 10.6 Å². The summed E-state index contributed by atoms with van der Waals surface area (Å²) < 4.78 is 12.9. The maximum Gasteiger partial charge on any atom is 0.251 e. The highest BCUT2D eigenvalue weighted by Crippen LogP contribution is 2.20. The fourth-order valence-corrected chi connectivity index (χ4v) is 1.11. The maximum absolute atomic E-state index is 12.9. The molecule has 0 spiro atoms. The number of hydrogen-bond donors (Lipinski definition) is 1. The summed E-state index contributed by atoms with van der Waals surface area (Å²) in [5.41, 5.74) is 5.19. The average Bonchev–Trinajstić information content (AvgIpc) is 1.97. The van der Waals surface area contributed by atoms with E-state index >= 15 is 0 Å². The molecule has 1 amide bonds. The van der Waals surface area contributed by atoms with Gasteiger partial charge in [-0.15, -0.1) is 0 Å². The summed E-state index contributed by atoms with van der Waals surface area (Å²) in [6.45, 7) is 1.55. The van der Waals surface area contributed by atoms with Crippen LogP contribution in [0.4, 0.5) is 4.39 Å². The zero-order valence-electron chi connectivity index (χ0n) is 6.40. The number of nitrogens with two attached hydrogens (primary N) is 1. The first-order valence-corrected chi connectivity index (χ1v) is 3.66. The van der Waals surface area contributed by atoms with Gasteiger partial charge in [-0.3, -0.25) is 4.79 Å². The van der Waals surface area contributed by atoms with E-state index in [1.165, 1.54) is 6.07 Å². The van der Waals surface area contributed by atoms with Crippen molar-refractivity contribution in [3.05, 3.63) is 34.1 Å². The lowest BCUT2D eigenvalue weighted by atomic mass is 10.1. The Balaban J connectivity index is 3.43. The summed E-state index contributed by atoms with van der Waals surface area (Å²) in [4.78, 5) is 10.7. The molecule has 2 nitrogen and oxygen atoms in total. The molecule has 1 rings (SSSR count). The molecule has 1 aromatic carbocycles. The molecule has 0 fully saturated rings. The number of carbonyl (C=O) groups excluding carboxylic acids is 1. The van der Waals surface area contributed by atoms with Gasteiger partial charge >= 0.3 is 0 Å². The van der Waals surface area contributed by atoms with Crippen LogP contribution >= 0.6 is 11.6 Å². The van der Waals surface area contributed by atoms with Crippen molar-refractivity contribution in [1.29, 1.82) is 0 Å². The zero-order valence-corrected chi connectivity index (χ0v) is 7.15. The van der Waals surface area contributed by atoms with Gasteiger partial charge in [0.1, 0.15) is 5.82 Å². The van der Waals surface area contributed by atoms with Crippen molar-refractivity contribution in [2.24, 2.45) is 5.73 Å². The maximum atomic E-state index is 12.9. The predicted molar refractivity (Wildman–Crippen MR) is 44.7 cm³/mol. The zero-order chi connectivity index (χ0) is 9.30. The molecule has 0 aliphatic heterocycles. The van der Waals surface area contributed by atoms with Crippen molar-refractivity contribution in [1.82, 2.24) is 0 Å². The molecule has 0 radical (unpaired) electrons. The molecule has 0 bridgehead atoms. The first-order valence-electron chi connectivity index (χ1n) is 3.28. The minimum atomic E-state index is -0.799. The highest BCUT2D eigenvalue weighted by Gasteiger charge is 2.13. The molecule has 0 aliphatic rings. The van der Waals surface area contributed by atoms with Gasteiger partial charge in [-0.05, 0) is 24.6 Å². The van der Waals surface area contributed by atoms with E-state index in [-0.39, 0.29) is 5.56 Å². The van der Waals surface area contributed by atoms with Crippen molar-refractivity contribution in [3.8, 4) is 0 Å². The molecule has 0 atom stereocenters. The van der Waals surface area contributed by atoms with Crippen molar-refractivity contribution in [2.75, 3.05) is 0 Å². The van der Waals surface area contributed by atoms with Crippen LogP contribution in [0.3, 0.4) is 0 Å². The first kappa shape index (κ1) is 9.00. The van der Waals surface area contributed by atoms with Gasteiger partial charge in [-0.2, -0.15) is 0 Å². The van der Waals surface area contributed by atoms with E-state index < -0.39 is 11.7 Å². The quantitative estimate of drug-likeness (QED) is 0.717. The molecule has 4 heteroatoms. The SMILES string of the molecule is Cc1c(Cl)ccc(F)c1C(N)=O. The summed E-state index contributed by atoms with van der Waals surface area (Å²) in [5.74, 6) is -1.43. The van der Waals surface area contributed by atoms with E-state index in [0.717, 1.165) is 6.07 Å². The normalized spacial score (nSPS) is 9.92. The van der Waals surface area contributed by atoms with Crippen LogP contribution in [0.2, 0.25) is 5.02 Å². The van der Waals surface area contributed by atoms with Crippen LogP contribution in [0, 0.1) is 12.7 Å². The number of rotatable bonds is 1. The number of benzene rings is 1. The smallest absolute Gasteiger partial charge is 0.251 e. The predicted octanol–water partition coefficient (Wildman–Crippen LogP) is 1.89. The van der Waals surface area contributed by atoms with E-state index in [4.69, 9.17) is 17.3 Å². The molecular formula is C8H7ClFNO. The number of carbonyl (C=O) groups is 1. The summed E-state index contributed by atoms with van der Waals surface area (Å²) in [5, 5.41) is 0.338. The molecule has 12 heavy (non-hydrogen) atoms. The number of amides is 1. The standard InChI is InChI=1S/C8H7ClFNO/c1-4-5(9)2-3-6(10)7(4)8(11)12/h2-3H,1H3,(H2,11,12). The molecule has 0 heterocycles. The van der Waals surface area contributed by atoms with Crippen LogP contribution in [0.15, 0.2) is 12.1 Å². The molecule has 0 saturated carbocycles. The summed E-state index contributed by atoms with van der Waals surface area (Å²) in [6.07, 6.45) is 0. The molecule has 2 N–H and O–H groups in total. The summed E-state index contributed by atoms with van der Waals surface area (Å²) in [6, 6.07) is 2.51. The Hall–Kier alpha value is -1.09. The van der Waals surface area contributed by atoms with E-state index in [1.54, 1.807) is 6.92 Å². The molecule has 0 saturated heterocycles. The Morgan fingerprint density at radius 3 is 2.58 bits per heavy atom. The average molecular weight is 188 g/mol. The number of hydrogen-bond acceptors (Lipinski definition) is 1. The summed E-state index contributed by atoms with van der Waals surface area (Å²) >= 11 is 5.66. The fraction of sp³-hybridized carbons (Fsp3) is 0.125. The van der Waals surface area contributed by atoms with Crippen LogP contribution in [-0.2, 0) is 0 Å². The van der Waals surface area contributed by atoms with Gasteiger partial charge < -0.3 is 5.73 Å². The van der Waals surface area contributed by atoms with Crippen LogP contribution in [0.5, 0.6) is 0 Å². The van der Waals surface area contributed by atoms with Crippen LogP contribution in [-0.4, -0.2) is 5.91 Å². The van der Waals surface area contributed by atoms with Gasteiger partial charge in [0.25, 0.3) is 5.91 Å². The molecule has 0 aromatic heterocycles. The lowest BCUT2D eigenvalue weighted by Gasteiger charge is -2.03. The molecule has 0 unspecified atom stereocenters. The highest BCUT2D eigenvalue weighted by molar-refractivity contribution is 6.31. The third-order valence-corrected chi connectivity index (χ3v) is 2.00. The van der Waals surface area contributed by atoms with E-state index in [1.807, 2.05) is 0 Å². The second-order valence-corrected chi connectivity index (χ2v) is 2.80. The molecule has 1 aromatic rings. The van der Waals surface area contributed by atoms with Gasteiger partial charge in [-0.25, -0.2) is 4.39 Å². The third kappa shape index (κ3) is 1.41. The van der Waals surface area contributed by atoms with Crippen LogP contribution < -0.4 is 5.73 Å². The Labute approximate surface area is 74.1 Å². The van der Waals surface area contributed by atoms with Gasteiger partial charge in [0.05, 0.1) is 5.56 Å². The van der Waals surface area contributed by atoms with Gasteiger partial charge in [0.15, 0.2) is 0 Å². The Bertz CT molecular complexity index is 338. The Morgan fingerprint density at radius 1 is 1.58 bits per heavy atom. The van der Waals surface area contributed by atoms with Crippen LogP contribution in [0.1, 0.15) is 15.9 Å². The van der Waals surface area contributed by atoms with Crippen molar-refractivity contribution in [3.63, 3.8) is 0 Å². The second kappa shape index (κ2) is 3.11. The van der Waals surface area contributed by atoms with Crippen molar-refractivity contribution < 1.29 is 9.18 Å². The van der Waals surface area contributed by atoms with Crippen LogP contribution in [0.25, 0.3) is 0 Å². The lowest BCUT2D eigenvalue weighted by Crippen LogP contribution is -2.15. The largest absolute Gasteiger partial charge is 0.365 e. The lowest BCUT2D eigenvalue weighted by molar-refractivity contribution is 0.0996. The minimum absolute atomic E-state index is 0.137. The van der Waals surface area contributed by atoms with Crippen molar-refractivity contribution in [2.45, 2.75) is 6.92 Å². The van der Waals surface area contributed by atoms with E-state index in [9.17, 15) is 9.18 Å². The first-order chi connectivity index (χ1) is 5.54. The minimum Gasteiger partial charge on any atom is -0.365 e. The summed E-state index contributed by atoms with van der Waals surface area (Å²) in [7, 11) is 0. The van der Waals surface area contributed by atoms with Gasteiger partial charge in [-0.1, -0.05) is 11.6 Å². The van der Waals surface area contributed by atoms with Crippen molar-refractivity contribution >= 4 is 17.5 Å². The number of primary amides is 1. The number of halogens is 2. The molecular weight excluding hydrogens is 181 g/mol. The molecule has 0 aliphatic carbocycles. The Morgan fingerprint density at radius 2 is 2.17 bits per heavy atom. The van der Waals surface area contributed by atoms with Gasteiger partial charge in [0, 0.05) is 5.02 Å². The monoisotopic (exact) mass is 187 g/mol. The topological polar surface area (TPSA) is 43.1 Å². The highest BCUT2D eigenvalue weighted by atomic mass is 35.5.